The molecule has 0 N–H and O–H groups in total. The van der Waals surface area contributed by atoms with Crippen molar-refractivity contribution in [3.8, 4) is 6.07 Å². The van der Waals surface area contributed by atoms with E-state index in [0.29, 0.717) is 24.2 Å². The summed E-state index contributed by atoms with van der Waals surface area (Å²) in [6.45, 7) is 1.22. The van der Waals surface area contributed by atoms with Crippen LogP contribution in [0.1, 0.15) is 22.0 Å². The van der Waals surface area contributed by atoms with Gasteiger partial charge >= 0.3 is 0 Å². The molecule has 1 aliphatic rings. The Bertz CT molecular complexity index is 933. The largest absolute Gasteiger partial charge is 0.334 e. The molecule has 0 bridgehead atoms. The van der Waals surface area contributed by atoms with Gasteiger partial charge in [-0.3, -0.25) is 14.5 Å². The second-order valence-corrected chi connectivity index (χ2v) is 5.60. The normalized spacial score (nSPS) is 14.5. The van der Waals surface area contributed by atoms with Crippen LogP contribution >= 0.6 is 0 Å². The predicted octanol–water partition coefficient (Wildman–Crippen LogP) is 2.00. The average Bonchev–Trinajstić information content (AvgIpc) is 3.01. The van der Waals surface area contributed by atoms with E-state index in [-0.39, 0.29) is 11.9 Å². The molecule has 1 aliphatic heterocycles. The maximum atomic E-state index is 12.5. The van der Waals surface area contributed by atoms with Crippen molar-refractivity contribution in [2.75, 3.05) is 13.1 Å². The summed E-state index contributed by atoms with van der Waals surface area (Å²) in [5.41, 5.74) is 2.09. The highest BCUT2D eigenvalue weighted by Crippen LogP contribution is 2.24. The number of hydrogen-bond acceptors (Lipinski definition) is 4. The Morgan fingerprint density at radius 3 is 2.96 bits per heavy atom. The Labute approximate surface area is 132 Å². The van der Waals surface area contributed by atoms with Crippen LogP contribution in [-0.2, 0) is 0 Å². The number of amides is 1. The number of carbonyl (C=O) groups excluding carboxylic acids is 1. The molecular formula is C17H13N5O. The molecule has 0 saturated carbocycles. The number of likely N-dealkylation sites (tertiary alicyclic amines) is 1. The first-order valence-electron chi connectivity index (χ1n) is 7.33. The smallest absolute Gasteiger partial charge is 0.254 e. The lowest BCUT2D eigenvalue weighted by Crippen LogP contribution is -2.50. The Balaban J connectivity index is 1.48. The summed E-state index contributed by atoms with van der Waals surface area (Å²) in [5.74, 6) is 0.0136. The van der Waals surface area contributed by atoms with Gasteiger partial charge in [0, 0.05) is 36.4 Å². The minimum atomic E-state index is 0.0136. The molecule has 0 radical (unpaired) electrons. The summed E-state index contributed by atoms with van der Waals surface area (Å²) in [6.07, 6.45) is 5.00. The van der Waals surface area contributed by atoms with E-state index >= 15 is 0 Å². The zero-order valence-electron chi connectivity index (χ0n) is 12.3. The molecule has 1 fully saturated rings. The molecule has 23 heavy (non-hydrogen) atoms. The van der Waals surface area contributed by atoms with Crippen LogP contribution in [0.25, 0.3) is 10.9 Å². The van der Waals surface area contributed by atoms with Crippen LogP contribution in [0, 0.1) is 11.3 Å². The summed E-state index contributed by atoms with van der Waals surface area (Å²) in [7, 11) is 0. The van der Waals surface area contributed by atoms with Gasteiger partial charge in [0.05, 0.1) is 23.3 Å². The summed E-state index contributed by atoms with van der Waals surface area (Å²) < 4.78 is 1.76. The van der Waals surface area contributed by atoms with Gasteiger partial charge in [0.25, 0.3) is 5.91 Å². The maximum absolute atomic E-state index is 12.5. The van der Waals surface area contributed by atoms with Gasteiger partial charge in [-0.1, -0.05) is 6.07 Å². The quantitative estimate of drug-likeness (QED) is 0.725. The van der Waals surface area contributed by atoms with Gasteiger partial charge in [-0.05, 0) is 24.3 Å². The third-order valence-corrected chi connectivity index (χ3v) is 4.10. The fourth-order valence-corrected chi connectivity index (χ4v) is 2.78. The van der Waals surface area contributed by atoms with Crippen LogP contribution in [0.15, 0.2) is 48.9 Å². The van der Waals surface area contributed by atoms with Crippen LogP contribution in [0.4, 0.5) is 0 Å². The Morgan fingerprint density at radius 2 is 2.17 bits per heavy atom. The summed E-state index contributed by atoms with van der Waals surface area (Å²) in [4.78, 5) is 18.6. The van der Waals surface area contributed by atoms with Gasteiger partial charge in [-0.25, -0.2) is 0 Å². The van der Waals surface area contributed by atoms with Gasteiger partial charge in [-0.15, -0.1) is 0 Å². The SMILES string of the molecule is N#Cc1cnn(C2CN(C(=O)c3ccc4ncccc4c3)C2)c1. The number of aromatic nitrogens is 3. The van der Waals surface area contributed by atoms with Crippen molar-refractivity contribution in [3.05, 3.63) is 60.0 Å². The van der Waals surface area contributed by atoms with Crippen LogP contribution in [0.5, 0.6) is 0 Å². The monoisotopic (exact) mass is 303 g/mol. The lowest BCUT2D eigenvalue weighted by molar-refractivity contribution is 0.0502. The molecule has 1 amide bonds. The maximum Gasteiger partial charge on any atom is 0.254 e. The molecule has 6 heteroatoms. The predicted molar refractivity (Wildman–Crippen MR) is 83.6 cm³/mol. The molecule has 3 aromatic rings. The van der Waals surface area contributed by atoms with Gasteiger partial charge in [-0.2, -0.15) is 10.4 Å². The van der Waals surface area contributed by atoms with E-state index in [1.165, 1.54) is 0 Å². The lowest BCUT2D eigenvalue weighted by atomic mass is 10.1. The number of carbonyl (C=O) groups is 1. The van der Waals surface area contributed by atoms with Crippen molar-refractivity contribution in [1.29, 1.82) is 5.26 Å². The Kier molecular flexibility index (Phi) is 3.05. The first-order chi connectivity index (χ1) is 11.2. The van der Waals surface area contributed by atoms with Crippen molar-refractivity contribution in [3.63, 3.8) is 0 Å². The summed E-state index contributed by atoms with van der Waals surface area (Å²) in [5, 5.41) is 13.9. The molecule has 0 spiro atoms. The zero-order chi connectivity index (χ0) is 15.8. The number of fused-ring (bicyclic) bond motifs is 1. The second-order valence-electron chi connectivity index (χ2n) is 5.60. The third-order valence-electron chi connectivity index (χ3n) is 4.10. The van der Waals surface area contributed by atoms with E-state index in [2.05, 4.69) is 16.2 Å². The number of rotatable bonds is 2. The highest BCUT2D eigenvalue weighted by atomic mass is 16.2. The van der Waals surface area contributed by atoms with E-state index < -0.39 is 0 Å². The van der Waals surface area contributed by atoms with Crippen molar-refractivity contribution in [1.82, 2.24) is 19.7 Å². The first-order valence-corrected chi connectivity index (χ1v) is 7.33. The molecule has 1 aromatic carbocycles. The van der Waals surface area contributed by atoms with E-state index in [0.717, 1.165) is 10.9 Å². The molecule has 3 heterocycles. The molecule has 6 nitrogen and oxygen atoms in total. The van der Waals surface area contributed by atoms with Crippen molar-refractivity contribution < 1.29 is 4.79 Å². The van der Waals surface area contributed by atoms with Gasteiger partial charge in [0.2, 0.25) is 0 Å². The van der Waals surface area contributed by atoms with E-state index in [9.17, 15) is 4.79 Å². The fraction of sp³-hybridized carbons (Fsp3) is 0.176. The number of nitriles is 1. The molecule has 4 rings (SSSR count). The van der Waals surface area contributed by atoms with E-state index in [4.69, 9.17) is 5.26 Å². The molecule has 1 saturated heterocycles. The Morgan fingerprint density at radius 1 is 1.30 bits per heavy atom. The summed E-state index contributed by atoms with van der Waals surface area (Å²) >= 11 is 0. The van der Waals surface area contributed by atoms with Gasteiger partial charge < -0.3 is 4.90 Å². The first kappa shape index (κ1) is 13.5. The highest BCUT2D eigenvalue weighted by Gasteiger charge is 2.33. The van der Waals surface area contributed by atoms with Crippen molar-refractivity contribution >= 4 is 16.8 Å². The molecule has 0 unspecified atom stereocenters. The van der Waals surface area contributed by atoms with E-state index in [1.807, 2.05) is 30.3 Å². The van der Waals surface area contributed by atoms with Gasteiger partial charge in [0.15, 0.2) is 0 Å². The van der Waals surface area contributed by atoms with Gasteiger partial charge in [0.1, 0.15) is 6.07 Å². The molecule has 112 valence electrons. The number of nitrogens with zero attached hydrogens (tertiary/aromatic N) is 5. The lowest BCUT2D eigenvalue weighted by Gasteiger charge is -2.39. The number of benzene rings is 1. The molecule has 2 aromatic heterocycles. The van der Waals surface area contributed by atoms with E-state index in [1.54, 1.807) is 28.2 Å². The number of hydrogen-bond donors (Lipinski definition) is 0. The minimum Gasteiger partial charge on any atom is -0.334 e. The highest BCUT2D eigenvalue weighted by molar-refractivity contribution is 5.98. The van der Waals surface area contributed by atoms with Crippen LogP contribution < -0.4 is 0 Å². The van der Waals surface area contributed by atoms with Crippen molar-refractivity contribution in [2.45, 2.75) is 6.04 Å². The summed E-state index contributed by atoms with van der Waals surface area (Å²) in [6, 6.07) is 11.6. The molecular weight excluding hydrogens is 290 g/mol. The molecule has 0 aliphatic carbocycles. The third kappa shape index (κ3) is 2.32. The number of pyridine rings is 1. The van der Waals surface area contributed by atoms with Crippen LogP contribution in [-0.4, -0.2) is 38.7 Å². The standard InChI is InChI=1S/C17H13N5O/c18-7-12-8-20-22(9-12)15-10-21(11-15)17(23)14-3-4-16-13(6-14)2-1-5-19-16/h1-6,8-9,15H,10-11H2. The zero-order valence-corrected chi connectivity index (χ0v) is 12.3. The second kappa shape index (κ2) is 5.21. The van der Waals surface area contributed by atoms with Crippen LogP contribution in [0.3, 0.4) is 0 Å². The molecule has 0 atom stereocenters. The van der Waals surface area contributed by atoms with Crippen molar-refractivity contribution in [2.24, 2.45) is 0 Å². The Hall–Kier alpha value is -3.20. The van der Waals surface area contributed by atoms with Crippen LogP contribution in [0.2, 0.25) is 0 Å². The minimum absolute atomic E-state index is 0.0136. The fourth-order valence-electron chi connectivity index (χ4n) is 2.78. The average molecular weight is 303 g/mol. The topological polar surface area (TPSA) is 74.8 Å².